The molecule has 8 nitrogen and oxygen atoms in total. The van der Waals surface area contributed by atoms with Crippen molar-refractivity contribution >= 4 is 26.8 Å². The van der Waals surface area contributed by atoms with Crippen LogP contribution in [0, 0.1) is 0 Å². The minimum absolute atomic E-state index is 0.0801. The maximum Gasteiger partial charge on any atom is 0.387 e. The van der Waals surface area contributed by atoms with Crippen LogP contribution < -0.4 is 15.7 Å². The van der Waals surface area contributed by atoms with E-state index in [2.05, 4.69) is 10.1 Å². The third kappa shape index (κ3) is 4.44. The molecule has 3 aromatic rings. The predicted molar refractivity (Wildman–Crippen MR) is 124 cm³/mol. The van der Waals surface area contributed by atoms with Crippen molar-refractivity contribution in [3.8, 4) is 11.4 Å². The lowest BCUT2D eigenvalue weighted by Crippen LogP contribution is -2.63. The molecule has 0 saturated carbocycles. The van der Waals surface area contributed by atoms with E-state index in [0.29, 0.717) is 23.1 Å². The molecule has 1 aliphatic rings. The van der Waals surface area contributed by atoms with Crippen LogP contribution in [0.3, 0.4) is 0 Å². The summed E-state index contributed by atoms with van der Waals surface area (Å²) in [5.41, 5.74) is 0.403. The van der Waals surface area contributed by atoms with Gasteiger partial charge < -0.3 is 10.1 Å². The second-order valence-electron chi connectivity index (χ2n) is 8.87. The normalized spacial score (nSPS) is 17.4. The number of nitrogens with one attached hydrogen (secondary N) is 1. The molecule has 2 heterocycles. The van der Waals surface area contributed by atoms with Crippen molar-refractivity contribution in [2.75, 3.05) is 11.5 Å². The Balaban J connectivity index is 1.80. The molecule has 11 heteroatoms. The number of hydrogen-bond donors (Lipinski definition) is 1. The summed E-state index contributed by atoms with van der Waals surface area (Å²) in [5, 5.41) is 2.77. The lowest BCUT2D eigenvalue weighted by molar-refractivity contribution is -0.0498. The molecule has 1 N–H and O–H groups in total. The number of benzene rings is 2. The number of halogens is 2. The first-order chi connectivity index (χ1) is 15.9. The number of carbonyl (C=O) groups is 1. The topological polar surface area (TPSA) is 99.4 Å². The second-order valence-corrected chi connectivity index (χ2v) is 10.9. The van der Waals surface area contributed by atoms with Crippen LogP contribution in [0.15, 0.2) is 47.3 Å². The van der Waals surface area contributed by atoms with Gasteiger partial charge in [0.05, 0.1) is 33.8 Å². The quantitative estimate of drug-likeness (QED) is 0.545. The zero-order valence-corrected chi connectivity index (χ0v) is 19.7. The van der Waals surface area contributed by atoms with E-state index in [-0.39, 0.29) is 34.6 Å². The number of aromatic nitrogens is 2. The lowest BCUT2D eigenvalue weighted by atomic mass is 10.1. The standard InChI is InChI=1S/C23H25F2N3O5S/c1-4-14(2)27-19-10-15(20(29)26-23(3)12-34(31,32)13-23)8-9-18(19)28(22(27)30)16-6-5-7-17(11-16)33-21(24)25/h5-11,14,21H,4,12-13H2,1-3H3,(H,26,29)/t14-/m0/s1. The van der Waals surface area contributed by atoms with Crippen molar-refractivity contribution in [1.82, 2.24) is 14.5 Å². The van der Waals surface area contributed by atoms with Gasteiger partial charge in [-0.15, -0.1) is 0 Å². The zero-order valence-electron chi connectivity index (χ0n) is 18.9. The molecule has 1 amide bonds. The number of hydrogen-bond acceptors (Lipinski definition) is 5. The van der Waals surface area contributed by atoms with E-state index in [1.54, 1.807) is 35.8 Å². The van der Waals surface area contributed by atoms with E-state index in [1.807, 2.05) is 13.8 Å². The lowest BCUT2D eigenvalue weighted by Gasteiger charge is -2.38. The molecule has 1 fully saturated rings. The molecule has 4 rings (SSSR count). The summed E-state index contributed by atoms with van der Waals surface area (Å²) >= 11 is 0. The minimum Gasteiger partial charge on any atom is -0.435 e. The highest BCUT2D eigenvalue weighted by Gasteiger charge is 2.45. The SMILES string of the molecule is CC[C@H](C)n1c(=O)n(-c2cccc(OC(F)F)c2)c2ccc(C(=O)NC3(C)CS(=O)(=O)C3)cc21. The van der Waals surface area contributed by atoms with Crippen molar-refractivity contribution < 1.29 is 26.7 Å². The number of carbonyl (C=O) groups excluding carboxylic acids is 1. The predicted octanol–water partition coefficient (Wildman–Crippen LogP) is 3.28. The Kier molecular flexibility index (Phi) is 6.01. The van der Waals surface area contributed by atoms with E-state index < -0.39 is 27.9 Å². The number of nitrogens with zero attached hydrogens (tertiary/aromatic N) is 2. The maximum atomic E-state index is 13.4. The first-order valence-electron chi connectivity index (χ1n) is 10.8. The van der Waals surface area contributed by atoms with Gasteiger partial charge in [-0.25, -0.2) is 13.2 Å². The summed E-state index contributed by atoms with van der Waals surface area (Å²) < 4.78 is 55.9. The first kappa shape index (κ1) is 23.9. The van der Waals surface area contributed by atoms with Crippen LogP contribution >= 0.6 is 0 Å². The summed E-state index contributed by atoms with van der Waals surface area (Å²) in [5.74, 6) is -0.774. The molecular weight excluding hydrogens is 468 g/mol. The summed E-state index contributed by atoms with van der Waals surface area (Å²) in [6, 6.07) is 10.4. The van der Waals surface area contributed by atoms with E-state index in [1.165, 1.54) is 22.8 Å². The minimum atomic E-state index is -3.14. The second kappa shape index (κ2) is 8.53. The van der Waals surface area contributed by atoms with Gasteiger partial charge in [0.15, 0.2) is 9.84 Å². The van der Waals surface area contributed by atoms with Gasteiger partial charge in [-0.3, -0.25) is 13.9 Å². The molecule has 1 atom stereocenters. The number of sulfone groups is 1. The Morgan fingerprint density at radius 1 is 1.18 bits per heavy atom. The summed E-state index contributed by atoms with van der Waals surface area (Å²) in [4.78, 5) is 26.3. The summed E-state index contributed by atoms with van der Waals surface area (Å²) in [7, 11) is -3.14. The number of fused-ring (bicyclic) bond motifs is 1. The zero-order chi connectivity index (χ0) is 24.8. The van der Waals surface area contributed by atoms with Gasteiger partial charge in [-0.1, -0.05) is 13.0 Å². The average molecular weight is 494 g/mol. The van der Waals surface area contributed by atoms with Crippen molar-refractivity contribution in [3.05, 3.63) is 58.5 Å². The molecule has 0 unspecified atom stereocenters. The monoisotopic (exact) mass is 493 g/mol. The van der Waals surface area contributed by atoms with Gasteiger partial charge >= 0.3 is 12.3 Å². The number of alkyl halides is 2. The Labute approximate surface area is 195 Å². The van der Waals surface area contributed by atoms with E-state index in [0.717, 1.165) is 0 Å². The van der Waals surface area contributed by atoms with Gasteiger partial charge in [0.2, 0.25) is 0 Å². The van der Waals surface area contributed by atoms with Crippen LogP contribution in [-0.2, 0) is 9.84 Å². The van der Waals surface area contributed by atoms with Crippen molar-refractivity contribution in [3.63, 3.8) is 0 Å². The third-order valence-electron chi connectivity index (χ3n) is 5.96. The number of imidazole rings is 1. The molecule has 0 aliphatic carbocycles. The molecule has 2 aromatic carbocycles. The first-order valence-corrected chi connectivity index (χ1v) is 12.6. The van der Waals surface area contributed by atoms with Crippen LogP contribution in [0.2, 0.25) is 0 Å². The maximum absolute atomic E-state index is 13.4. The fourth-order valence-corrected chi connectivity index (χ4v) is 6.37. The highest BCUT2D eigenvalue weighted by molar-refractivity contribution is 7.93. The molecule has 0 radical (unpaired) electrons. The van der Waals surface area contributed by atoms with Gasteiger partial charge in [0, 0.05) is 17.7 Å². The fraction of sp³-hybridized carbons (Fsp3) is 0.391. The molecule has 0 bridgehead atoms. The Bertz CT molecular complexity index is 1420. The summed E-state index contributed by atoms with van der Waals surface area (Å²) in [6.07, 6.45) is 0.639. The smallest absolute Gasteiger partial charge is 0.387 e. The van der Waals surface area contributed by atoms with E-state index >= 15 is 0 Å². The van der Waals surface area contributed by atoms with Gasteiger partial charge in [0.1, 0.15) is 5.75 Å². The highest BCUT2D eigenvalue weighted by Crippen LogP contribution is 2.27. The van der Waals surface area contributed by atoms with E-state index in [4.69, 9.17) is 0 Å². The Morgan fingerprint density at radius 3 is 2.50 bits per heavy atom. The molecule has 182 valence electrons. The molecule has 34 heavy (non-hydrogen) atoms. The van der Waals surface area contributed by atoms with Crippen LogP contribution in [-0.4, -0.2) is 47.1 Å². The molecule has 0 spiro atoms. The number of rotatable bonds is 7. The Hall–Kier alpha value is -3.21. The largest absolute Gasteiger partial charge is 0.435 e. The van der Waals surface area contributed by atoms with Crippen molar-refractivity contribution in [2.24, 2.45) is 0 Å². The summed E-state index contributed by atoms with van der Waals surface area (Å²) in [6.45, 7) is 2.46. The molecule has 1 aliphatic heterocycles. The van der Waals surface area contributed by atoms with Crippen molar-refractivity contribution in [2.45, 2.75) is 45.4 Å². The molecule has 1 saturated heterocycles. The molecule has 1 aromatic heterocycles. The number of ether oxygens (including phenoxy) is 1. The van der Waals surface area contributed by atoms with Crippen LogP contribution in [0.5, 0.6) is 5.75 Å². The number of amides is 1. The van der Waals surface area contributed by atoms with Gasteiger partial charge in [-0.2, -0.15) is 8.78 Å². The highest BCUT2D eigenvalue weighted by atomic mass is 32.2. The van der Waals surface area contributed by atoms with Crippen LogP contribution in [0.1, 0.15) is 43.6 Å². The van der Waals surface area contributed by atoms with E-state index in [9.17, 15) is 26.8 Å². The van der Waals surface area contributed by atoms with Gasteiger partial charge in [-0.05, 0) is 50.6 Å². The van der Waals surface area contributed by atoms with Crippen LogP contribution in [0.4, 0.5) is 8.78 Å². The van der Waals surface area contributed by atoms with Crippen LogP contribution in [0.25, 0.3) is 16.7 Å². The Morgan fingerprint density at radius 2 is 1.88 bits per heavy atom. The fourth-order valence-electron chi connectivity index (χ4n) is 4.36. The van der Waals surface area contributed by atoms with Crippen molar-refractivity contribution in [1.29, 1.82) is 0 Å². The molecular formula is C23H25F2N3O5S. The third-order valence-corrected chi connectivity index (χ3v) is 8.11. The average Bonchev–Trinajstić information content (AvgIpc) is 3.02. The van der Waals surface area contributed by atoms with Gasteiger partial charge in [0.25, 0.3) is 5.91 Å².